The van der Waals surface area contributed by atoms with Crippen LogP contribution < -0.4 is 10.6 Å². The number of unbranched alkanes of at least 4 members (excludes halogenated alkanes) is 3. The van der Waals surface area contributed by atoms with Gasteiger partial charge in [-0.15, -0.1) is 0 Å². The van der Waals surface area contributed by atoms with Gasteiger partial charge in [0.05, 0.1) is 24.9 Å². The van der Waals surface area contributed by atoms with Crippen LogP contribution in [-0.2, 0) is 37.0 Å². The number of aliphatic carboxylic acids is 1. The quantitative estimate of drug-likeness (QED) is 0.150. The lowest BCUT2D eigenvalue weighted by Gasteiger charge is -2.50. The van der Waals surface area contributed by atoms with Gasteiger partial charge in [-0.25, -0.2) is 0 Å². The van der Waals surface area contributed by atoms with Gasteiger partial charge in [0.25, 0.3) is 0 Å². The molecule has 0 unspecified atom stereocenters. The molecule has 1 saturated carbocycles. The lowest BCUT2D eigenvalue weighted by molar-refractivity contribution is -0.255. The summed E-state index contributed by atoms with van der Waals surface area (Å²) in [5.41, 5.74) is 3.44. The zero-order chi connectivity index (χ0) is 36.4. The van der Waals surface area contributed by atoms with E-state index in [1.54, 1.807) is 0 Å². The average molecular weight is 706 g/mol. The molecule has 3 fully saturated rings. The van der Waals surface area contributed by atoms with E-state index in [0.29, 0.717) is 44.3 Å². The maximum absolute atomic E-state index is 13.7. The molecule has 51 heavy (non-hydrogen) atoms. The minimum atomic E-state index is -0.779. The number of likely N-dealkylation sites (tertiary alicyclic amines) is 1. The average Bonchev–Trinajstić information content (AvgIpc) is 3.11. The fraction of sp³-hybridized carbons (Fsp3) is 0.634. The minimum absolute atomic E-state index is 0.0124. The Morgan fingerprint density at radius 2 is 1.49 bits per heavy atom. The number of carbonyl (C=O) groups excluding carboxylic acids is 2. The molecule has 2 aromatic carbocycles. The van der Waals surface area contributed by atoms with Crippen LogP contribution in [0, 0.1) is 5.92 Å². The summed E-state index contributed by atoms with van der Waals surface area (Å²) < 4.78 is 13.4. The second-order valence-corrected chi connectivity index (χ2v) is 15.8. The molecule has 3 aliphatic rings. The summed E-state index contributed by atoms with van der Waals surface area (Å²) in [6, 6.07) is 16.1. The lowest BCUT2D eigenvalue weighted by Crippen LogP contribution is -2.61. The molecule has 280 valence electrons. The van der Waals surface area contributed by atoms with Crippen LogP contribution in [0.5, 0.6) is 0 Å². The molecular formula is C41H59N3O7. The fourth-order valence-electron chi connectivity index (χ4n) is 7.99. The Morgan fingerprint density at radius 1 is 0.824 bits per heavy atom. The van der Waals surface area contributed by atoms with Crippen molar-refractivity contribution >= 4 is 17.8 Å². The zero-order valence-corrected chi connectivity index (χ0v) is 30.8. The second-order valence-electron chi connectivity index (χ2n) is 15.8. The Kier molecular flexibility index (Phi) is 14.1. The van der Waals surface area contributed by atoms with Crippen LogP contribution in [0.2, 0.25) is 0 Å². The van der Waals surface area contributed by atoms with Crippen molar-refractivity contribution in [2.24, 2.45) is 5.92 Å². The van der Waals surface area contributed by atoms with Crippen LogP contribution in [-0.4, -0.2) is 63.2 Å². The Bertz CT molecular complexity index is 1420. The molecule has 6 atom stereocenters. The molecule has 10 nitrogen and oxygen atoms in total. The van der Waals surface area contributed by atoms with E-state index in [1.807, 2.05) is 69.3 Å². The summed E-state index contributed by atoms with van der Waals surface area (Å²) in [5.74, 6) is -0.0861. The first-order valence-corrected chi connectivity index (χ1v) is 19.1. The Hall–Kier alpha value is -3.31. The van der Waals surface area contributed by atoms with Crippen molar-refractivity contribution in [3.63, 3.8) is 0 Å². The summed E-state index contributed by atoms with van der Waals surface area (Å²) in [5, 5.41) is 24.7. The molecule has 0 radical (unpaired) electrons. The van der Waals surface area contributed by atoms with Crippen LogP contribution in [0.15, 0.2) is 48.5 Å². The Morgan fingerprint density at radius 3 is 2.18 bits per heavy atom. The molecule has 0 spiro atoms. The van der Waals surface area contributed by atoms with Crippen molar-refractivity contribution in [1.82, 2.24) is 15.5 Å². The predicted molar refractivity (Wildman–Crippen MR) is 195 cm³/mol. The number of carbonyl (C=O) groups is 3. The van der Waals surface area contributed by atoms with Gasteiger partial charge in [-0.05, 0) is 81.9 Å². The van der Waals surface area contributed by atoms with Gasteiger partial charge in [-0.1, -0.05) is 74.2 Å². The van der Waals surface area contributed by atoms with Gasteiger partial charge in [0.15, 0.2) is 6.29 Å². The van der Waals surface area contributed by atoms with E-state index in [4.69, 9.17) is 14.6 Å². The number of rotatable bonds is 15. The molecule has 2 aromatic rings. The number of nitrogens with zero attached hydrogens (tertiary/aromatic N) is 1. The van der Waals surface area contributed by atoms with Crippen molar-refractivity contribution < 1.29 is 34.1 Å². The summed E-state index contributed by atoms with van der Waals surface area (Å²) in [6.07, 6.45) is 9.99. The Balaban J connectivity index is 1.27. The monoisotopic (exact) mass is 705 g/mol. The molecule has 0 bridgehead atoms. The molecule has 2 amide bonds. The number of aliphatic hydroxyl groups is 1. The SMILES string of the molecule is CC(C)(C)NC(=O)[C@H]1CC[C@H]2CCCC[C@H]2N1C[C@H]1C[C@@H](c2ccc(CO)cc2)O[C@@H](c2ccc(CNC(=O)CCCCCCC(=O)O)cc2)O1. The molecule has 2 saturated heterocycles. The highest BCUT2D eigenvalue weighted by atomic mass is 16.7. The number of ether oxygens (including phenoxy) is 2. The lowest BCUT2D eigenvalue weighted by atomic mass is 9.75. The summed E-state index contributed by atoms with van der Waals surface area (Å²) >= 11 is 0. The highest BCUT2D eigenvalue weighted by molar-refractivity contribution is 5.82. The van der Waals surface area contributed by atoms with Crippen LogP contribution in [0.3, 0.4) is 0 Å². The number of benzene rings is 2. The summed E-state index contributed by atoms with van der Waals surface area (Å²) in [4.78, 5) is 39.3. The maximum atomic E-state index is 13.7. The van der Waals surface area contributed by atoms with E-state index in [-0.39, 0.29) is 48.6 Å². The molecule has 0 aromatic heterocycles. The number of carboxylic acid groups (broad SMARTS) is 1. The van der Waals surface area contributed by atoms with E-state index in [1.165, 1.54) is 19.3 Å². The third-order valence-electron chi connectivity index (χ3n) is 10.6. The van der Waals surface area contributed by atoms with Gasteiger partial charge in [-0.2, -0.15) is 0 Å². The molecule has 2 heterocycles. The van der Waals surface area contributed by atoms with Gasteiger partial charge in [-0.3, -0.25) is 19.3 Å². The molecule has 1 aliphatic carbocycles. The van der Waals surface area contributed by atoms with Crippen LogP contribution in [0.1, 0.15) is 139 Å². The van der Waals surface area contributed by atoms with Crippen molar-refractivity contribution in [1.29, 1.82) is 0 Å². The smallest absolute Gasteiger partial charge is 0.303 e. The van der Waals surface area contributed by atoms with Crippen molar-refractivity contribution in [3.8, 4) is 0 Å². The van der Waals surface area contributed by atoms with E-state index in [2.05, 4.69) is 15.5 Å². The molecule has 10 heteroatoms. The number of fused-ring (bicyclic) bond motifs is 1. The first-order chi connectivity index (χ1) is 24.5. The molecular weight excluding hydrogens is 646 g/mol. The number of hydrogen-bond acceptors (Lipinski definition) is 7. The largest absolute Gasteiger partial charge is 0.481 e. The topological polar surface area (TPSA) is 137 Å². The molecule has 2 aliphatic heterocycles. The predicted octanol–water partition coefficient (Wildman–Crippen LogP) is 6.70. The molecule has 4 N–H and O–H groups in total. The third kappa shape index (κ3) is 11.6. The summed E-state index contributed by atoms with van der Waals surface area (Å²) in [7, 11) is 0. The second kappa shape index (κ2) is 18.4. The molecule has 5 rings (SSSR count). The van der Waals surface area contributed by atoms with Crippen LogP contribution in [0.4, 0.5) is 0 Å². The van der Waals surface area contributed by atoms with Gasteiger partial charge in [0, 0.05) is 49.5 Å². The van der Waals surface area contributed by atoms with E-state index >= 15 is 0 Å². The van der Waals surface area contributed by atoms with Gasteiger partial charge < -0.3 is 30.3 Å². The highest BCUT2D eigenvalue weighted by Gasteiger charge is 2.44. The van der Waals surface area contributed by atoms with E-state index in [9.17, 15) is 19.5 Å². The third-order valence-corrected chi connectivity index (χ3v) is 10.6. The van der Waals surface area contributed by atoms with Gasteiger partial charge >= 0.3 is 5.97 Å². The van der Waals surface area contributed by atoms with Gasteiger partial charge in [0.2, 0.25) is 11.8 Å². The van der Waals surface area contributed by atoms with Crippen LogP contribution in [0.25, 0.3) is 0 Å². The van der Waals surface area contributed by atoms with Crippen LogP contribution >= 0.6 is 0 Å². The number of aliphatic hydroxyl groups excluding tert-OH is 1. The number of carboxylic acids is 1. The maximum Gasteiger partial charge on any atom is 0.303 e. The first-order valence-electron chi connectivity index (χ1n) is 19.1. The number of amides is 2. The number of piperidine rings is 1. The Labute approximate surface area is 303 Å². The highest BCUT2D eigenvalue weighted by Crippen LogP contribution is 2.42. The summed E-state index contributed by atoms with van der Waals surface area (Å²) in [6.45, 7) is 7.16. The van der Waals surface area contributed by atoms with E-state index < -0.39 is 12.3 Å². The first kappa shape index (κ1) is 38.9. The van der Waals surface area contributed by atoms with Crippen molar-refractivity contribution in [2.45, 2.75) is 154 Å². The van der Waals surface area contributed by atoms with Crippen molar-refractivity contribution in [2.75, 3.05) is 6.54 Å². The zero-order valence-electron chi connectivity index (χ0n) is 30.8. The standard InChI is InChI=1S/C41H59N3O7/c1-41(2,3)43-39(49)35-23-22-30-10-8-9-11-34(30)44(35)26-33-24-36(31-18-16-29(27-45)17-19-31)51-40(50-33)32-20-14-28(15-21-32)25-42-37(46)12-6-4-5-7-13-38(47)48/h14-21,30,33-36,40,45H,4-13,22-27H2,1-3H3,(H,42,46)(H,43,49)(H,47,48)/t30-,33-,34-,35-,36+,40+/m1/s1. The normalized spacial score (nSPS) is 25.5. The van der Waals surface area contributed by atoms with E-state index in [0.717, 1.165) is 60.8 Å². The number of nitrogens with one attached hydrogen (secondary N) is 2. The fourth-order valence-corrected chi connectivity index (χ4v) is 7.99. The minimum Gasteiger partial charge on any atom is -0.481 e. The number of hydrogen-bond donors (Lipinski definition) is 4. The van der Waals surface area contributed by atoms with Crippen molar-refractivity contribution in [3.05, 3.63) is 70.8 Å². The van der Waals surface area contributed by atoms with Gasteiger partial charge in [0.1, 0.15) is 0 Å².